The van der Waals surface area contributed by atoms with Crippen LogP contribution < -0.4 is 9.47 Å². The first-order chi connectivity index (χ1) is 8.79. The zero-order valence-electron chi connectivity index (χ0n) is 9.93. The van der Waals surface area contributed by atoms with Gasteiger partial charge in [-0.3, -0.25) is 0 Å². The lowest BCUT2D eigenvalue weighted by molar-refractivity contribution is 0.261. The minimum atomic E-state index is 0.344. The van der Waals surface area contributed by atoms with Gasteiger partial charge in [-0.1, -0.05) is 30.4 Å². The molecule has 0 amide bonds. The van der Waals surface area contributed by atoms with Crippen LogP contribution in [-0.4, -0.2) is 16.8 Å². The number of aromatic nitrogens is 2. The first-order valence-electron chi connectivity index (χ1n) is 5.62. The molecule has 0 spiro atoms. The molecule has 1 aromatic heterocycles. The largest absolute Gasteiger partial charge is 0.490 e. The SMILES string of the molecule is CCCOc1ccccc1OCc1nnc(Cl)s1. The maximum Gasteiger partial charge on any atom is 0.207 e. The summed E-state index contributed by atoms with van der Waals surface area (Å²) < 4.78 is 11.7. The molecule has 0 saturated heterocycles. The summed E-state index contributed by atoms with van der Waals surface area (Å²) in [6, 6.07) is 7.58. The van der Waals surface area contributed by atoms with E-state index in [2.05, 4.69) is 17.1 Å². The van der Waals surface area contributed by atoms with Gasteiger partial charge in [0, 0.05) is 0 Å². The van der Waals surface area contributed by atoms with Crippen LogP contribution in [0.1, 0.15) is 18.4 Å². The second kappa shape index (κ2) is 6.56. The highest BCUT2D eigenvalue weighted by Crippen LogP contribution is 2.28. The fourth-order valence-corrected chi connectivity index (χ4v) is 2.11. The van der Waals surface area contributed by atoms with Crippen molar-refractivity contribution in [1.82, 2.24) is 10.2 Å². The molecule has 96 valence electrons. The third-order valence-electron chi connectivity index (χ3n) is 2.10. The van der Waals surface area contributed by atoms with E-state index in [1.165, 1.54) is 11.3 Å². The third-order valence-corrected chi connectivity index (χ3v) is 3.10. The molecule has 0 atom stereocenters. The van der Waals surface area contributed by atoms with E-state index in [1.807, 2.05) is 24.3 Å². The van der Waals surface area contributed by atoms with Crippen molar-refractivity contribution in [1.29, 1.82) is 0 Å². The van der Waals surface area contributed by atoms with E-state index in [9.17, 15) is 0 Å². The standard InChI is InChI=1S/C12H13ClN2O2S/c1-2-7-16-9-5-3-4-6-10(9)17-8-11-14-15-12(13)18-11/h3-6H,2,7-8H2,1H3. The fourth-order valence-electron chi connectivity index (χ4n) is 1.33. The topological polar surface area (TPSA) is 44.2 Å². The lowest BCUT2D eigenvalue weighted by Gasteiger charge is -2.10. The van der Waals surface area contributed by atoms with Gasteiger partial charge in [-0.05, 0) is 30.2 Å². The minimum absolute atomic E-state index is 0.344. The molecular formula is C12H13ClN2O2S. The van der Waals surface area contributed by atoms with Gasteiger partial charge in [0.25, 0.3) is 0 Å². The molecule has 1 heterocycles. The van der Waals surface area contributed by atoms with Gasteiger partial charge in [0.15, 0.2) is 16.5 Å². The molecule has 0 bridgehead atoms. The van der Waals surface area contributed by atoms with E-state index >= 15 is 0 Å². The number of ether oxygens (including phenoxy) is 2. The molecule has 4 nitrogen and oxygen atoms in total. The summed E-state index contributed by atoms with van der Waals surface area (Å²) in [6.45, 7) is 3.08. The number of hydrogen-bond donors (Lipinski definition) is 0. The second-order valence-electron chi connectivity index (χ2n) is 3.53. The summed E-state index contributed by atoms with van der Waals surface area (Å²) in [5, 5.41) is 8.36. The Kier molecular flexibility index (Phi) is 4.78. The van der Waals surface area contributed by atoms with Crippen LogP contribution in [0.2, 0.25) is 4.47 Å². The van der Waals surface area contributed by atoms with Crippen molar-refractivity contribution in [3.8, 4) is 11.5 Å². The Labute approximate surface area is 115 Å². The fraction of sp³-hybridized carbons (Fsp3) is 0.333. The predicted octanol–water partition coefficient (Wildman–Crippen LogP) is 3.56. The Balaban J connectivity index is 1.99. The van der Waals surface area contributed by atoms with E-state index in [0.717, 1.165) is 17.2 Å². The van der Waals surface area contributed by atoms with Gasteiger partial charge in [-0.2, -0.15) is 0 Å². The summed E-state index contributed by atoms with van der Waals surface area (Å²) in [4.78, 5) is 0. The Morgan fingerprint density at radius 2 is 1.89 bits per heavy atom. The smallest absolute Gasteiger partial charge is 0.207 e. The quantitative estimate of drug-likeness (QED) is 0.813. The van der Waals surface area contributed by atoms with E-state index in [0.29, 0.717) is 23.4 Å². The summed E-state index contributed by atoms with van der Waals surface area (Å²) >= 11 is 7.01. The normalized spacial score (nSPS) is 10.3. The Morgan fingerprint density at radius 1 is 1.17 bits per heavy atom. The average molecular weight is 285 g/mol. The van der Waals surface area contributed by atoms with E-state index in [4.69, 9.17) is 21.1 Å². The van der Waals surface area contributed by atoms with Gasteiger partial charge < -0.3 is 9.47 Å². The molecule has 0 aliphatic heterocycles. The van der Waals surface area contributed by atoms with Gasteiger partial charge >= 0.3 is 0 Å². The van der Waals surface area contributed by atoms with Crippen molar-refractivity contribution in [3.63, 3.8) is 0 Å². The molecule has 2 aromatic rings. The number of para-hydroxylation sites is 2. The Hall–Kier alpha value is -1.33. The van der Waals surface area contributed by atoms with Gasteiger partial charge in [-0.25, -0.2) is 0 Å². The monoisotopic (exact) mass is 284 g/mol. The summed E-state index contributed by atoms with van der Waals surface area (Å²) in [5.74, 6) is 1.45. The first-order valence-corrected chi connectivity index (χ1v) is 6.81. The van der Waals surface area contributed by atoms with E-state index < -0.39 is 0 Å². The molecule has 0 unspecified atom stereocenters. The zero-order chi connectivity index (χ0) is 12.8. The summed E-state index contributed by atoms with van der Waals surface area (Å²) in [7, 11) is 0. The molecule has 0 aliphatic rings. The van der Waals surface area contributed by atoms with Crippen LogP contribution in [0.25, 0.3) is 0 Å². The molecule has 0 N–H and O–H groups in total. The number of benzene rings is 1. The first kappa shape index (κ1) is 13.1. The lowest BCUT2D eigenvalue weighted by Crippen LogP contribution is -2.00. The molecular weight excluding hydrogens is 272 g/mol. The van der Waals surface area contributed by atoms with Crippen molar-refractivity contribution >= 4 is 22.9 Å². The van der Waals surface area contributed by atoms with Crippen molar-refractivity contribution in [3.05, 3.63) is 33.7 Å². The summed E-state index contributed by atoms with van der Waals surface area (Å²) in [5.41, 5.74) is 0. The van der Waals surface area contributed by atoms with Crippen LogP contribution in [0.15, 0.2) is 24.3 Å². The van der Waals surface area contributed by atoms with Crippen LogP contribution in [0.5, 0.6) is 11.5 Å². The maximum absolute atomic E-state index is 5.71. The molecule has 6 heteroatoms. The van der Waals surface area contributed by atoms with Crippen LogP contribution in [0.3, 0.4) is 0 Å². The van der Waals surface area contributed by atoms with E-state index in [1.54, 1.807) is 0 Å². The third kappa shape index (κ3) is 3.58. The van der Waals surface area contributed by atoms with Crippen LogP contribution in [0, 0.1) is 0 Å². The van der Waals surface area contributed by atoms with Crippen molar-refractivity contribution in [2.24, 2.45) is 0 Å². The highest BCUT2D eigenvalue weighted by atomic mass is 35.5. The molecule has 18 heavy (non-hydrogen) atoms. The highest BCUT2D eigenvalue weighted by molar-refractivity contribution is 7.15. The molecule has 1 aromatic carbocycles. The van der Waals surface area contributed by atoms with Gasteiger partial charge in [-0.15, -0.1) is 10.2 Å². The van der Waals surface area contributed by atoms with Crippen molar-refractivity contribution in [2.45, 2.75) is 20.0 Å². The number of rotatable bonds is 6. The number of hydrogen-bond acceptors (Lipinski definition) is 5. The van der Waals surface area contributed by atoms with E-state index in [-0.39, 0.29) is 0 Å². The maximum atomic E-state index is 5.71. The van der Waals surface area contributed by atoms with Crippen molar-refractivity contribution in [2.75, 3.05) is 6.61 Å². The second-order valence-corrected chi connectivity index (χ2v) is 5.18. The lowest BCUT2D eigenvalue weighted by atomic mass is 10.3. The average Bonchev–Trinajstić information content (AvgIpc) is 2.81. The zero-order valence-corrected chi connectivity index (χ0v) is 11.5. The molecule has 2 rings (SSSR count). The van der Waals surface area contributed by atoms with Crippen LogP contribution in [-0.2, 0) is 6.61 Å². The van der Waals surface area contributed by atoms with Gasteiger partial charge in [0.1, 0.15) is 6.61 Å². The van der Waals surface area contributed by atoms with Crippen molar-refractivity contribution < 1.29 is 9.47 Å². The summed E-state index contributed by atoms with van der Waals surface area (Å²) in [6.07, 6.45) is 0.959. The number of nitrogens with zero attached hydrogens (tertiary/aromatic N) is 2. The Bertz CT molecular complexity index is 504. The van der Waals surface area contributed by atoms with Gasteiger partial charge in [0.2, 0.25) is 4.47 Å². The molecule has 0 radical (unpaired) electrons. The molecule has 0 aliphatic carbocycles. The molecule has 0 fully saturated rings. The Morgan fingerprint density at radius 3 is 2.50 bits per heavy atom. The molecule has 0 saturated carbocycles. The van der Waals surface area contributed by atoms with Crippen LogP contribution >= 0.6 is 22.9 Å². The number of halogens is 1. The highest BCUT2D eigenvalue weighted by Gasteiger charge is 2.06. The van der Waals surface area contributed by atoms with Crippen LogP contribution in [0.4, 0.5) is 0 Å². The predicted molar refractivity (Wildman–Crippen MR) is 71.5 cm³/mol. The van der Waals surface area contributed by atoms with Gasteiger partial charge in [0.05, 0.1) is 6.61 Å². The minimum Gasteiger partial charge on any atom is -0.490 e.